The fourth-order valence-electron chi connectivity index (χ4n) is 3.09. The molecule has 3 N–H and O–H groups in total. The van der Waals surface area contributed by atoms with Crippen molar-refractivity contribution in [2.75, 3.05) is 11.9 Å². The molecule has 0 aliphatic carbocycles. The molecule has 136 valence electrons. The van der Waals surface area contributed by atoms with Crippen LogP contribution in [0.15, 0.2) is 47.7 Å². The van der Waals surface area contributed by atoms with Crippen molar-refractivity contribution in [1.82, 2.24) is 15.0 Å². The van der Waals surface area contributed by atoms with Crippen LogP contribution in [-0.2, 0) is 6.42 Å². The number of fused-ring (bicyclic) bond motifs is 2. The summed E-state index contributed by atoms with van der Waals surface area (Å²) in [4.78, 5) is 32.1. The molecule has 0 bridgehead atoms. The third kappa shape index (κ3) is 3.10. The first-order chi connectivity index (χ1) is 13.0. The van der Waals surface area contributed by atoms with E-state index in [0.29, 0.717) is 24.0 Å². The van der Waals surface area contributed by atoms with Crippen molar-refractivity contribution in [3.63, 3.8) is 0 Å². The summed E-state index contributed by atoms with van der Waals surface area (Å²) >= 11 is 0. The van der Waals surface area contributed by atoms with Gasteiger partial charge in [0, 0.05) is 29.7 Å². The summed E-state index contributed by atoms with van der Waals surface area (Å²) < 4.78 is 13.3. The standard InChI is InChI=1S/C18H14FN5O3/c19-11-1-2-12-10(8-21-14(12)5-11)3-4-20-16-7-15-13(6-17(16)24(26)27)18(25)23-9-22-15/h1-2,5-9,20-21H,3-4H2,(H,22,23,25). The number of hydrogen-bond donors (Lipinski definition) is 3. The normalized spacial score (nSPS) is 11.1. The molecule has 8 nitrogen and oxygen atoms in total. The minimum absolute atomic E-state index is 0.161. The summed E-state index contributed by atoms with van der Waals surface area (Å²) in [6.07, 6.45) is 3.62. The van der Waals surface area contributed by atoms with Crippen molar-refractivity contribution in [2.45, 2.75) is 6.42 Å². The molecule has 0 saturated heterocycles. The maximum absolute atomic E-state index is 13.3. The van der Waals surface area contributed by atoms with Gasteiger partial charge in [0.05, 0.1) is 22.2 Å². The lowest BCUT2D eigenvalue weighted by Gasteiger charge is -2.08. The number of nitrogens with zero attached hydrogens (tertiary/aromatic N) is 2. The van der Waals surface area contributed by atoms with E-state index in [2.05, 4.69) is 20.3 Å². The van der Waals surface area contributed by atoms with Gasteiger partial charge in [0.25, 0.3) is 11.2 Å². The monoisotopic (exact) mass is 367 g/mol. The third-order valence-electron chi connectivity index (χ3n) is 4.39. The Morgan fingerprint density at radius 1 is 1.19 bits per heavy atom. The number of nitro groups is 1. The molecule has 0 saturated carbocycles. The molecule has 4 rings (SSSR count). The van der Waals surface area contributed by atoms with E-state index in [0.717, 1.165) is 10.9 Å². The lowest BCUT2D eigenvalue weighted by atomic mass is 10.1. The zero-order valence-corrected chi connectivity index (χ0v) is 14.0. The molecule has 27 heavy (non-hydrogen) atoms. The van der Waals surface area contributed by atoms with E-state index in [9.17, 15) is 19.3 Å². The van der Waals surface area contributed by atoms with Gasteiger partial charge in [-0.15, -0.1) is 0 Å². The number of halogens is 1. The van der Waals surface area contributed by atoms with Gasteiger partial charge in [-0.1, -0.05) is 0 Å². The van der Waals surface area contributed by atoms with Gasteiger partial charge in [0.15, 0.2) is 0 Å². The summed E-state index contributed by atoms with van der Waals surface area (Å²) in [6.45, 7) is 0.417. The van der Waals surface area contributed by atoms with Gasteiger partial charge in [-0.3, -0.25) is 14.9 Å². The Bertz CT molecular complexity index is 1230. The SMILES string of the molecule is O=c1[nH]cnc2cc(NCCc3c[nH]c4cc(F)ccc34)c([N+](=O)[O-])cc12. The molecular formula is C18H14FN5O3. The Balaban J connectivity index is 1.60. The number of H-pyrrole nitrogens is 2. The molecule has 0 unspecified atom stereocenters. The number of hydrogen-bond acceptors (Lipinski definition) is 5. The van der Waals surface area contributed by atoms with Crippen molar-refractivity contribution in [3.8, 4) is 0 Å². The largest absolute Gasteiger partial charge is 0.379 e. The molecular weight excluding hydrogens is 353 g/mol. The van der Waals surface area contributed by atoms with E-state index in [1.165, 1.54) is 30.6 Å². The van der Waals surface area contributed by atoms with Gasteiger partial charge in [-0.25, -0.2) is 9.37 Å². The summed E-state index contributed by atoms with van der Waals surface area (Å²) in [5, 5.41) is 15.5. The van der Waals surface area contributed by atoms with Crippen LogP contribution < -0.4 is 10.9 Å². The lowest BCUT2D eigenvalue weighted by Crippen LogP contribution is -2.10. The highest BCUT2D eigenvalue weighted by Gasteiger charge is 2.17. The molecule has 0 aliphatic heterocycles. The van der Waals surface area contributed by atoms with Gasteiger partial charge in [-0.2, -0.15) is 0 Å². The smallest absolute Gasteiger partial charge is 0.293 e. The van der Waals surface area contributed by atoms with Crippen LogP contribution in [0.5, 0.6) is 0 Å². The molecule has 0 amide bonds. The van der Waals surface area contributed by atoms with Crippen molar-refractivity contribution in [3.05, 3.63) is 74.7 Å². The Hall–Kier alpha value is -3.75. The van der Waals surface area contributed by atoms with Crippen molar-refractivity contribution >= 4 is 33.2 Å². The molecule has 0 atom stereocenters. The molecule has 0 spiro atoms. The fraction of sp³-hybridized carbons (Fsp3) is 0.111. The summed E-state index contributed by atoms with van der Waals surface area (Å²) in [6, 6.07) is 7.23. The molecule has 0 aliphatic rings. The molecule has 2 aromatic heterocycles. The number of nitro benzene ring substituents is 1. The van der Waals surface area contributed by atoms with E-state index in [1.807, 2.05) is 0 Å². The maximum Gasteiger partial charge on any atom is 0.293 e. The zero-order chi connectivity index (χ0) is 19.0. The topological polar surface area (TPSA) is 117 Å². The maximum atomic E-state index is 13.3. The first kappa shape index (κ1) is 16.7. The van der Waals surface area contributed by atoms with E-state index in [4.69, 9.17) is 0 Å². The second-order valence-electron chi connectivity index (χ2n) is 6.06. The number of rotatable bonds is 5. The van der Waals surface area contributed by atoms with Gasteiger partial charge in [0.1, 0.15) is 11.5 Å². The van der Waals surface area contributed by atoms with E-state index >= 15 is 0 Å². The van der Waals surface area contributed by atoms with Crippen LogP contribution in [0.3, 0.4) is 0 Å². The predicted molar refractivity (Wildman–Crippen MR) is 99.5 cm³/mol. The zero-order valence-electron chi connectivity index (χ0n) is 14.0. The van der Waals surface area contributed by atoms with E-state index in [1.54, 1.807) is 12.3 Å². The Kier molecular flexibility index (Phi) is 4.03. The van der Waals surface area contributed by atoms with Crippen molar-refractivity contribution < 1.29 is 9.31 Å². The minimum atomic E-state index is -0.539. The van der Waals surface area contributed by atoms with Crippen LogP contribution in [0.25, 0.3) is 21.8 Å². The highest BCUT2D eigenvalue weighted by molar-refractivity contribution is 5.86. The summed E-state index contributed by atoms with van der Waals surface area (Å²) in [7, 11) is 0. The molecule has 2 heterocycles. The molecule has 0 radical (unpaired) electrons. The van der Waals surface area contributed by atoms with Gasteiger partial charge in [0.2, 0.25) is 0 Å². The quantitative estimate of drug-likeness (QED) is 0.370. The number of aromatic amines is 2. The Morgan fingerprint density at radius 2 is 2.04 bits per heavy atom. The van der Waals surface area contributed by atoms with Crippen LogP contribution in [0, 0.1) is 15.9 Å². The highest BCUT2D eigenvalue weighted by Crippen LogP contribution is 2.28. The first-order valence-electron chi connectivity index (χ1n) is 8.18. The average molecular weight is 367 g/mol. The highest BCUT2D eigenvalue weighted by atomic mass is 19.1. The molecule has 9 heteroatoms. The number of nitrogens with one attached hydrogen (secondary N) is 3. The van der Waals surface area contributed by atoms with Crippen molar-refractivity contribution in [1.29, 1.82) is 0 Å². The van der Waals surface area contributed by atoms with E-state index < -0.39 is 10.5 Å². The fourth-order valence-corrected chi connectivity index (χ4v) is 3.09. The molecule has 4 aromatic rings. The van der Waals surface area contributed by atoms with Gasteiger partial charge >= 0.3 is 0 Å². The van der Waals surface area contributed by atoms with E-state index in [-0.39, 0.29) is 22.6 Å². The predicted octanol–water partition coefficient (Wildman–Crippen LogP) is 3.11. The third-order valence-corrected chi connectivity index (χ3v) is 4.39. The number of benzene rings is 2. The van der Waals surface area contributed by atoms with Crippen LogP contribution in [0.1, 0.15) is 5.56 Å². The van der Waals surface area contributed by atoms with Crippen molar-refractivity contribution in [2.24, 2.45) is 0 Å². The Morgan fingerprint density at radius 3 is 2.85 bits per heavy atom. The van der Waals surface area contributed by atoms with Crippen LogP contribution >= 0.6 is 0 Å². The molecule has 0 fully saturated rings. The summed E-state index contributed by atoms with van der Waals surface area (Å²) in [5.41, 5.74) is 1.70. The number of anilines is 1. The molecule has 2 aromatic carbocycles. The lowest BCUT2D eigenvalue weighted by molar-refractivity contribution is -0.383. The summed E-state index contributed by atoms with van der Waals surface area (Å²) in [5.74, 6) is -0.316. The second kappa shape index (κ2) is 6.52. The minimum Gasteiger partial charge on any atom is -0.379 e. The van der Waals surface area contributed by atoms with Crippen LogP contribution in [0.2, 0.25) is 0 Å². The first-order valence-corrected chi connectivity index (χ1v) is 8.18. The van der Waals surface area contributed by atoms with Crippen LogP contribution in [0.4, 0.5) is 15.8 Å². The van der Waals surface area contributed by atoms with Gasteiger partial charge in [-0.05, 0) is 36.2 Å². The van der Waals surface area contributed by atoms with Gasteiger partial charge < -0.3 is 15.3 Å². The average Bonchev–Trinajstić information content (AvgIpc) is 3.03. The second-order valence-corrected chi connectivity index (χ2v) is 6.06. The van der Waals surface area contributed by atoms with Crippen LogP contribution in [-0.4, -0.2) is 26.4 Å². The Labute approximate surface area is 151 Å². The number of aromatic nitrogens is 3.